The number of methoxy groups -OCH3 is 1. The summed E-state index contributed by atoms with van der Waals surface area (Å²) in [4.78, 5) is 26.6. The van der Waals surface area contributed by atoms with E-state index in [-0.39, 0.29) is 23.6 Å². The number of pyridine rings is 1. The first-order chi connectivity index (χ1) is 15.1. The van der Waals surface area contributed by atoms with Crippen LogP contribution in [0.5, 0.6) is 17.2 Å². The zero-order valence-electron chi connectivity index (χ0n) is 16.8. The molecular weight excluding hydrogens is 394 g/mol. The number of carbonyl (C=O) groups is 1. The molecule has 0 saturated heterocycles. The highest BCUT2D eigenvalue weighted by molar-refractivity contribution is 6.10. The first-order valence-electron chi connectivity index (χ1n) is 9.83. The molecule has 5 rings (SSSR count). The third-order valence-electron chi connectivity index (χ3n) is 5.37. The minimum Gasteiger partial charge on any atom is -0.497 e. The van der Waals surface area contributed by atoms with Crippen LogP contribution in [0.1, 0.15) is 21.5 Å². The second kappa shape index (κ2) is 7.65. The van der Waals surface area contributed by atoms with Gasteiger partial charge in [-0.15, -0.1) is 0 Å². The van der Waals surface area contributed by atoms with Crippen molar-refractivity contribution in [2.75, 3.05) is 13.9 Å². The minimum absolute atomic E-state index is 0.104. The fraction of sp³-hybridized carbons (Fsp3) is 0.120. The predicted octanol–water partition coefficient (Wildman–Crippen LogP) is 4.02. The molecule has 1 aliphatic heterocycles. The highest BCUT2D eigenvalue weighted by Gasteiger charge is 2.21. The van der Waals surface area contributed by atoms with Gasteiger partial charge in [-0.3, -0.25) is 9.59 Å². The van der Waals surface area contributed by atoms with Crippen molar-refractivity contribution in [1.82, 2.24) is 4.57 Å². The van der Waals surface area contributed by atoms with Crippen LogP contribution in [0.15, 0.2) is 77.7 Å². The Bertz CT molecular complexity index is 1340. The Hall–Kier alpha value is -4.06. The van der Waals surface area contributed by atoms with Gasteiger partial charge < -0.3 is 18.8 Å². The number of nitrogens with zero attached hydrogens (tertiary/aromatic N) is 1. The highest BCUT2D eigenvalue weighted by Crippen LogP contribution is 2.35. The molecule has 1 aliphatic rings. The van der Waals surface area contributed by atoms with E-state index in [1.54, 1.807) is 49.7 Å². The van der Waals surface area contributed by atoms with Gasteiger partial charge in [0, 0.05) is 24.4 Å². The lowest BCUT2D eigenvalue weighted by molar-refractivity contribution is 0.103. The largest absolute Gasteiger partial charge is 0.497 e. The molecule has 4 aromatic rings. The van der Waals surface area contributed by atoms with Crippen LogP contribution in [0.3, 0.4) is 0 Å². The maximum Gasteiger partial charge on any atom is 0.231 e. The molecule has 0 spiro atoms. The molecule has 0 fully saturated rings. The third kappa shape index (κ3) is 3.42. The van der Waals surface area contributed by atoms with Gasteiger partial charge in [0.2, 0.25) is 12.2 Å². The summed E-state index contributed by atoms with van der Waals surface area (Å²) < 4.78 is 18.0. The summed E-state index contributed by atoms with van der Waals surface area (Å²) in [5, 5.41) is 0.416. The summed E-state index contributed by atoms with van der Waals surface area (Å²) in [6.45, 7) is 0.607. The number of carbonyl (C=O) groups excluding carboxylic acids is 1. The molecule has 0 bridgehead atoms. The number of hydrogen-bond donors (Lipinski definition) is 0. The van der Waals surface area contributed by atoms with Crippen molar-refractivity contribution in [3.63, 3.8) is 0 Å². The van der Waals surface area contributed by atoms with Crippen LogP contribution in [0.4, 0.5) is 0 Å². The summed E-state index contributed by atoms with van der Waals surface area (Å²) in [5.74, 6) is 1.39. The van der Waals surface area contributed by atoms with Gasteiger partial charge in [-0.05, 0) is 35.9 Å². The van der Waals surface area contributed by atoms with E-state index in [0.717, 1.165) is 5.56 Å². The lowest BCUT2D eigenvalue weighted by Crippen LogP contribution is -2.20. The van der Waals surface area contributed by atoms with E-state index in [0.29, 0.717) is 40.3 Å². The molecule has 0 N–H and O–H groups in total. The Labute approximate surface area is 178 Å². The number of fused-ring (bicyclic) bond motifs is 2. The van der Waals surface area contributed by atoms with E-state index >= 15 is 0 Å². The number of ketones is 1. The number of rotatable bonds is 5. The van der Waals surface area contributed by atoms with E-state index in [1.165, 1.54) is 0 Å². The van der Waals surface area contributed by atoms with Crippen molar-refractivity contribution in [2.45, 2.75) is 6.54 Å². The van der Waals surface area contributed by atoms with E-state index in [4.69, 9.17) is 14.2 Å². The van der Waals surface area contributed by atoms with Crippen molar-refractivity contribution in [3.05, 3.63) is 99.8 Å². The van der Waals surface area contributed by atoms with Gasteiger partial charge in [-0.1, -0.05) is 30.3 Å². The molecule has 6 nitrogen and oxygen atoms in total. The van der Waals surface area contributed by atoms with Crippen molar-refractivity contribution < 1.29 is 19.0 Å². The minimum atomic E-state index is -0.339. The van der Waals surface area contributed by atoms with Crippen LogP contribution in [-0.2, 0) is 6.54 Å². The molecule has 0 aliphatic carbocycles. The molecular formula is C25H19NO5. The van der Waals surface area contributed by atoms with Crippen LogP contribution < -0.4 is 19.6 Å². The Morgan fingerprint density at radius 3 is 2.42 bits per heavy atom. The highest BCUT2D eigenvalue weighted by atomic mass is 16.7. The van der Waals surface area contributed by atoms with Gasteiger partial charge in [0.15, 0.2) is 17.3 Å². The van der Waals surface area contributed by atoms with E-state index < -0.39 is 0 Å². The average Bonchev–Trinajstić information content (AvgIpc) is 3.28. The Kier molecular flexibility index (Phi) is 4.67. The van der Waals surface area contributed by atoms with Crippen LogP contribution in [0.2, 0.25) is 0 Å². The topological polar surface area (TPSA) is 66.8 Å². The summed E-state index contributed by atoms with van der Waals surface area (Å²) >= 11 is 0. The zero-order valence-corrected chi connectivity index (χ0v) is 16.8. The fourth-order valence-electron chi connectivity index (χ4n) is 3.75. The quantitative estimate of drug-likeness (QED) is 0.463. The van der Waals surface area contributed by atoms with Crippen molar-refractivity contribution in [3.8, 4) is 17.2 Å². The number of ether oxygens (including phenoxy) is 3. The van der Waals surface area contributed by atoms with E-state index in [2.05, 4.69) is 0 Å². The van der Waals surface area contributed by atoms with Crippen molar-refractivity contribution in [1.29, 1.82) is 0 Å². The van der Waals surface area contributed by atoms with Crippen LogP contribution >= 0.6 is 0 Å². The molecule has 0 atom stereocenters. The Morgan fingerprint density at radius 2 is 1.71 bits per heavy atom. The van der Waals surface area contributed by atoms with Crippen LogP contribution in [0.25, 0.3) is 10.9 Å². The molecule has 2 heterocycles. The van der Waals surface area contributed by atoms with E-state index in [9.17, 15) is 9.59 Å². The molecule has 0 amide bonds. The van der Waals surface area contributed by atoms with Gasteiger partial charge in [0.1, 0.15) is 5.75 Å². The molecule has 31 heavy (non-hydrogen) atoms. The molecule has 154 valence electrons. The van der Waals surface area contributed by atoms with Gasteiger partial charge in [-0.25, -0.2) is 0 Å². The number of hydrogen-bond acceptors (Lipinski definition) is 5. The summed E-state index contributed by atoms with van der Waals surface area (Å²) in [7, 11) is 1.56. The maximum absolute atomic E-state index is 13.3. The van der Waals surface area contributed by atoms with Crippen molar-refractivity contribution in [2.24, 2.45) is 0 Å². The van der Waals surface area contributed by atoms with Crippen LogP contribution in [-0.4, -0.2) is 24.3 Å². The monoisotopic (exact) mass is 413 g/mol. The van der Waals surface area contributed by atoms with E-state index in [1.807, 2.05) is 34.9 Å². The first-order valence-corrected chi connectivity index (χ1v) is 9.83. The molecule has 0 saturated carbocycles. The standard InChI is InChI=1S/C25H19NO5/c1-29-18-9-7-17(8-10-18)24(27)20-14-26(13-16-5-3-2-4-6-16)21-12-23-22(30-15-31-23)11-19(21)25(20)28/h2-12,14H,13,15H2,1H3. The smallest absolute Gasteiger partial charge is 0.231 e. The maximum atomic E-state index is 13.3. The van der Waals surface area contributed by atoms with Gasteiger partial charge in [0.25, 0.3) is 0 Å². The molecule has 6 heteroatoms. The summed E-state index contributed by atoms with van der Waals surface area (Å²) in [6, 6.07) is 20.0. The molecule has 1 aromatic heterocycles. The lowest BCUT2D eigenvalue weighted by atomic mass is 10.0. The van der Waals surface area contributed by atoms with Gasteiger partial charge in [-0.2, -0.15) is 0 Å². The zero-order chi connectivity index (χ0) is 21.4. The first kappa shape index (κ1) is 18.9. The van der Waals surface area contributed by atoms with Gasteiger partial charge >= 0.3 is 0 Å². The third-order valence-corrected chi connectivity index (χ3v) is 5.37. The second-order valence-corrected chi connectivity index (χ2v) is 7.27. The Balaban J connectivity index is 1.69. The van der Waals surface area contributed by atoms with Crippen LogP contribution in [0, 0.1) is 0 Å². The normalized spacial score (nSPS) is 12.2. The lowest BCUT2D eigenvalue weighted by Gasteiger charge is -2.14. The average molecular weight is 413 g/mol. The van der Waals surface area contributed by atoms with Crippen molar-refractivity contribution >= 4 is 16.7 Å². The number of aromatic nitrogens is 1. The fourth-order valence-corrected chi connectivity index (χ4v) is 3.75. The molecule has 0 radical (unpaired) electrons. The van der Waals surface area contributed by atoms with Gasteiger partial charge in [0.05, 0.1) is 23.6 Å². The summed E-state index contributed by atoms with van der Waals surface area (Å²) in [6.07, 6.45) is 1.63. The number of benzene rings is 3. The Morgan fingerprint density at radius 1 is 1.00 bits per heavy atom. The molecule has 3 aromatic carbocycles. The molecule has 0 unspecified atom stereocenters. The SMILES string of the molecule is COc1ccc(C(=O)c2cn(Cc3ccccc3)c3cc4c(cc3c2=O)OCO4)cc1. The predicted molar refractivity (Wildman–Crippen MR) is 116 cm³/mol. The second-order valence-electron chi connectivity index (χ2n) is 7.27. The summed E-state index contributed by atoms with van der Waals surface area (Å²) in [5.41, 5.74) is 1.92.